The summed E-state index contributed by atoms with van der Waals surface area (Å²) in [5.41, 5.74) is 1.15. The van der Waals surface area contributed by atoms with Gasteiger partial charge in [0.2, 0.25) is 0 Å². The fourth-order valence-corrected chi connectivity index (χ4v) is 3.96. The van der Waals surface area contributed by atoms with E-state index in [4.69, 9.17) is 26.2 Å². The normalized spacial score (nSPS) is 16.9. The third-order valence-electron chi connectivity index (χ3n) is 5.45. The van der Waals surface area contributed by atoms with E-state index in [0.717, 1.165) is 0 Å². The molecule has 0 radical (unpaired) electrons. The average molecular weight is 494 g/mol. The minimum atomic E-state index is -1.13. The number of amides is 1. The number of anilines is 1. The van der Waals surface area contributed by atoms with Gasteiger partial charge >= 0.3 is 5.97 Å². The van der Waals surface area contributed by atoms with E-state index in [2.05, 4.69) is 0 Å². The van der Waals surface area contributed by atoms with Gasteiger partial charge in [0.1, 0.15) is 17.3 Å². The molecule has 0 aliphatic carbocycles. The Kier molecular flexibility index (Phi) is 6.75. The summed E-state index contributed by atoms with van der Waals surface area (Å²) in [7, 11) is 1.50. The maximum atomic E-state index is 13.2. The molecule has 0 spiro atoms. The van der Waals surface area contributed by atoms with Gasteiger partial charge in [-0.25, -0.2) is 4.79 Å². The lowest BCUT2D eigenvalue weighted by molar-refractivity contribution is -0.139. The second-order valence-electron chi connectivity index (χ2n) is 7.63. The molecule has 8 nitrogen and oxygen atoms in total. The zero-order valence-corrected chi connectivity index (χ0v) is 19.2. The summed E-state index contributed by atoms with van der Waals surface area (Å²) in [5, 5.41) is 20.4. The van der Waals surface area contributed by atoms with Gasteiger partial charge in [0.15, 0.2) is 6.61 Å². The van der Waals surface area contributed by atoms with Crippen molar-refractivity contribution in [1.29, 1.82) is 0 Å². The number of carboxylic acids is 1. The Morgan fingerprint density at radius 3 is 2.29 bits per heavy atom. The Bertz CT molecular complexity index is 1320. The van der Waals surface area contributed by atoms with Gasteiger partial charge in [0, 0.05) is 16.3 Å². The highest BCUT2D eigenvalue weighted by atomic mass is 35.5. The Morgan fingerprint density at radius 1 is 0.971 bits per heavy atom. The van der Waals surface area contributed by atoms with Crippen molar-refractivity contribution in [3.8, 4) is 11.5 Å². The summed E-state index contributed by atoms with van der Waals surface area (Å²) in [6.45, 7) is -0.519. The van der Waals surface area contributed by atoms with Crippen molar-refractivity contribution in [2.45, 2.75) is 6.04 Å². The zero-order chi connectivity index (χ0) is 25.1. The number of Topliss-reactive ketones (excluding diaryl/α,β-unsaturated/α-hetero) is 1. The van der Waals surface area contributed by atoms with Crippen LogP contribution in [0.3, 0.4) is 0 Å². The van der Waals surface area contributed by atoms with E-state index in [0.29, 0.717) is 27.6 Å². The van der Waals surface area contributed by atoms with Crippen molar-refractivity contribution in [2.24, 2.45) is 0 Å². The Balaban J connectivity index is 1.84. The maximum Gasteiger partial charge on any atom is 0.341 e. The van der Waals surface area contributed by atoms with Gasteiger partial charge in [-0.15, -0.1) is 0 Å². The molecule has 0 saturated carbocycles. The summed E-state index contributed by atoms with van der Waals surface area (Å²) in [6, 6.07) is 18.2. The predicted molar refractivity (Wildman–Crippen MR) is 129 cm³/mol. The molecule has 9 heteroatoms. The number of ketones is 1. The smallest absolute Gasteiger partial charge is 0.341 e. The summed E-state index contributed by atoms with van der Waals surface area (Å²) in [6.07, 6.45) is 0. The predicted octanol–water partition coefficient (Wildman–Crippen LogP) is 4.44. The highest BCUT2D eigenvalue weighted by Crippen LogP contribution is 2.43. The average Bonchev–Trinajstić information content (AvgIpc) is 3.13. The molecular formula is C26H20ClNO7. The maximum absolute atomic E-state index is 13.2. The molecule has 0 aromatic heterocycles. The lowest BCUT2D eigenvalue weighted by Crippen LogP contribution is -2.29. The highest BCUT2D eigenvalue weighted by Gasteiger charge is 2.47. The van der Waals surface area contributed by atoms with Crippen LogP contribution < -0.4 is 14.4 Å². The van der Waals surface area contributed by atoms with Gasteiger partial charge in [-0.2, -0.15) is 0 Å². The van der Waals surface area contributed by atoms with Gasteiger partial charge in [-0.1, -0.05) is 23.7 Å². The molecule has 1 saturated heterocycles. The second-order valence-corrected chi connectivity index (χ2v) is 8.07. The molecule has 3 aromatic carbocycles. The van der Waals surface area contributed by atoms with Crippen LogP contribution >= 0.6 is 11.6 Å². The Morgan fingerprint density at radius 2 is 1.66 bits per heavy atom. The third-order valence-corrected chi connectivity index (χ3v) is 5.70. The molecule has 1 unspecified atom stereocenters. The first-order valence-corrected chi connectivity index (χ1v) is 10.8. The summed E-state index contributed by atoms with van der Waals surface area (Å²) < 4.78 is 10.5. The lowest BCUT2D eigenvalue weighted by atomic mass is 9.95. The Hall–Kier alpha value is -4.30. The number of carboxylic acid groups (broad SMARTS) is 1. The van der Waals surface area contributed by atoms with Crippen molar-refractivity contribution in [1.82, 2.24) is 0 Å². The van der Waals surface area contributed by atoms with E-state index in [1.165, 1.54) is 36.3 Å². The number of rotatable bonds is 7. The van der Waals surface area contributed by atoms with Gasteiger partial charge in [0.05, 0.1) is 18.7 Å². The summed E-state index contributed by atoms with van der Waals surface area (Å²) in [5.74, 6) is -2.34. The third kappa shape index (κ3) is 4.83. The number of hydrogen-bond donors (Lipinski definition) is 2. The van der Waals surface area contributed by atoms with Crippen LogP contribution in [0, 0.1) is 0 Å². The number of ether oxygens (including phenoxy) is 2. The molecule has 178 valence electrons. The van der Waals surface area contributed by atoms with Crippen molar-refractivity contribution in [3.63, 3.8) is 0 Å². The highest BCUT2D eigenvalue weighted by molar-refractivity contribution is 6.51. The first-order chi connectivity index (χ1) is 16.8. The molecular weight excluding hydrogens is 474 g/mol. The van der Waals surface area contributed by atoms with Gasteiger partial charge in [-0.3, -0.25) is 14.5 Å². The van der Waals surface area contributed by atoms with Crippen LogP contribution in [0.2, 0.25) is 5.02 Å². The Labute approximate surface area is 205 Å². The van der Waals surface area contributed by atoms with Crippen LogP contribution in [0.5, 0.6) is 11.5 Å². The molecule has 1 heterocycles. The number of carbonyl (C=O) groups is 3. The topological polar surface area (TPSA) is 113 Å². The van der Waals surface area contributed by atoms with E-state index in [9.17, 15) is 19.5 Å². The molecule has 1 amide bonds. The number of benzene rings is 3. The lowest BCUT2D eigenvalue weighted by Gasteiger charge is -2.26. The standard InChI is InChI=1S/C26H20ClNO7/c1-34-20-4-2-3-16(13-20)23-22(24(31)15-5-7-17(27)8-6-15)25(32)26(33)28(23)18-9-11-19(12-10-18)35-14-21(29)30/h2-13,23,31H,14H2,1H3,(H,29,30)/b24-22+. The SMILES string of the molecule is COc1cccc(C2/C(=C(\O)c3ccc(Cl)cc3)C(=O)C(=O)N2c2ccc(OCC(=O)O)cc2)c1. The van der Waals surface area contributed by atoms with Crippen molar-refractivity contribution in [2.75, 3.05) is 18.6 Å². The van der Waals surface area contributed by atoms with Crippen LogP contribution in [0.15, 0.2) is 78.4 Å². The summed E-state index contributed by atoms with van der Waals surface area (Å²) in [4.78, 5) is 38.4. The van der Waals surface area contributed by atoms with E-state index in [-0.39, 0.29) is 17.1 Å². The molecule has 1 aliphatic rings. The van der Waals surface area contributed by atoms with Crippen molar-refractivity contribution in [3.05, 3.63) is 94.5 Å². The van der Waals surface area contributed by atoms with Crippen LogP contribution in [-0.2, 0) is 14.4 Å². The molecule has 35 heavy (non-hydrogen) atoms. The van der Waals surface area contributed by atoms with E-state index < -0.39 is 30.3 Å². The number of methoxy groups -OCH3 is 1. The number of carbonyl (C=O) groups excluding carboxylic acids is 2. The van der Waals surface area contributed by atoms with Crippen molar-refractivity contribution < 1.29 is 34.1 Å². The fraction of sp³-hybridized carbons (Fsp3) is 0.115. The fourth-order valence-electron chi connectivity index (χ4n) is 3.84. The molecule has 0 bridgehead atoms. The first-order valence-electron chi connectivity index (χ1n) is 10.5. The van der Waals surface area contributed by atoms with Crippen LogP contribution in [0.4, 0.5) is 5.69 Å². The van der Waals surface area contributed by atoms with E-state index in [1.54, 1.807) is 48.5 Å². The number of aliphatic hydroxyl groups is 1. The molecule has 4 rings (SSSR count). The molecule has 1 aliphatic heterocycles. The first kappa shape index (κ1) is 23.8. The molecule has 1 atom stereocenters. The van der Waals surface area contributed by atoms with Crippen LogP contribution in [-0.4, -0.2) is 41.6 Å². The summed E-state index contributed by atoms with van der Waals surface area (Å²) >= 11 is 5.96. The number of aliphatic hydroxyl groups excluding tert-OH is 1. The van der Waals surface area contributed by atoms with Crippen molar-refractivity contribution >= 4 is 40.7 Å². The van der Waals surface area contributed by atoms with Crippen LogP contribution in [0.25, 0.3) is 5.76 Å². The molecule has 2 N–H and O–H groups in total. The number of hydrogen-bond acceptors (Lipinski definition) is 6. The molecule has 1 fully saturated rings. The minimum Gasteiger partial charge on any atom is -0.507 e. The van der Waals surface area contributed by atoms with Gasteiger partial charge in [0.25, 0.3) is 11.7 Å². The van der Waals surface area contributed by atoms with Gasteiger partial charge < -0.3 is 19.7 Å². The number of aliphatic carboxylic acids is 1. The van der Waals surface area contributed by atoms with E-state index in [1.807, 2.05) is 0 Å². The van der Waals surface area contributed by atoms with Crippen LogP contribution in [0.1, 0.15) is 17.2 Å². The number of halogens is 1. The quantitative estimate of drug-likeness (QED) is 0.284. The van der Waals surface area contributed by atoms with E-state index >= 15 is 0 Å². The number of nitrogens with zero attached hydrogens (tertiary/aromatic N) is 1. The monoisotopic (exact) mass is 493 g/mol. The van der Waals surface area contributed by atoms with Gasteiger partial charge in [-0.05, 0) is 66.2 Å². The second kappa shape index (κ2) is 9.90. The minimum absolute atomic E-state index is 0.0863. The largest absolute Gasteiger partial charge is 0.507 e. The zero-order valence-electron chi connectivity index (χ0n) is 18.5. The molecule has 3 aromatic rings.